The maximum absolute atomic E-state index is 6.27. The lowest BCUT2D eigenvalue weighted by Crippen LogP contribution is -2.15. The van der Waals surface area contributed by atoms with E-state index in [0.717, 1.165) is 23.7 Å². The Morgan fingerprint density at radius 2 is 1.88 bits per heavy atom. The van der Waals surface area contributed by atoms with E-state index < -0.39 is 0 Å². The van der Waals surface area contributed by atoms with Crippen LogP contribution in [0.1, 0.15) is 50.3 Å². The van der Waals surface area contributed by atoms with Crippen LogP contribution in [0.25, 0.3) is 0 Å². The van der Waals surface area contributed by atoms with Crippen LogP contribution in [0.3, 0.4) is 0 Å². The molecule has 0 heterocycles. The molecule has 0 aliphatic carbocycles. The van der Waals surface area contributed by atoms with Crippen molar-refractivity contribution in [3.63, 3.8) is 0 Å². The first-order valence-electron chi connectivity index (χ1n) is 6.52. The van der Waals surface area contributed by atoms with E-state index in [1.807, 2.05) is 6.07 Å². The van der Waals surface area contributed by atoms with E-state index in [4.69, 9.17) is 10.5 Å². The highest BCUT2D eigenvalue weighted by Gasteiger charge is 2.13. The van der Waals surface area contributed by atoms with E-state index in [-0.39, 0.29) is 6.04 Å². The van der Waals surface area contributed by atoms with Gasteiger partial charge in [-0.15, -0.1) is 0 Å². The van der Waals surface area contributed by atoms with E-state index in [9.17, 15) is 0 Å². The first-order chi connectivity index (χ1) is 8.12. The van der Waals surface area contributed by atoms with E-state index in [1.165, 1.54) is 18.4 Å². The van der Waals surface area contributed by atoms with Crippen molar-refractivity contribution < 1.29 is 4.74 Å². The maximum Gasteiger partial charge on any atom is 0.121 e. The van der Waals surface area contributed by atoms with Crippen LogP contribution in [0.2, 0.25) is 0 Å². The minimum atomic E-state index is 0.143. The van der Waals surface area contributed by atoms with Crippen molar-refractivity contribution in [3.05, 3.63) is 29.3 Å². The second-order valence-corrected chi connectivity index (χ2v) is 4.75. The molecule has 0 fully saturated rings. The summed E-state index contributed by atoms with van der Waals surface area (Å²) in [6.07, 6.45) is 3.48. The summed E-state index contributed by atoms with van der Waals surface area (Å²) in [6.45, 7) is 6.53. The van der Waals surface area contributed by atoms with Crippen molar-refractivity contribution in [2.75, 3.05) is 7.11 Å². The molecule has 0 amide bonds. The average molecular weight is 235 g/mol. The van der Waals surface area contributed by atoms with Gasteiger partial charge in [0.2, 0.25) is 0 Å². The van der Waals surface area contributed by atoms with E-state index >= 15 is 0 Å². The smallest absolute Gasteiger partial charge is 0.121 e. The number of methoxy groups -OCH3 is 1. The Morgan fingerprint density at radius 1 is 1.24 bits per heavy atom. The Hall–Kier alpha value is -1.02. The van der Waals surface area contributed by atoms with Crippen LogP contribution in [0.15, 0.2) is 18.2 Å². The van der Waals surface area contributed by atoms with Gasteiger partial charge in [0.05, 0.1) is 7.11 Å². The minimum Gasteiger partial charge on any atom is -0.496 e. The summed E-state index contributed by atoms with van der Waals surface area (Å²) in [7, 11) is 1.70. The van der Waals surface area contributed by atoms with Crippen LogP contribution in [0.4, 0.5) is 0 Å². The molecule has 0 spiro atoms. The molecule has 1 aromatic rings. The first-order valence-corrected chi connectivity index (χ1v) is 6.52. The Bertz CT molecular complexity index is 345. The molecule has 0 radical (unpaired) electrons. The summed E-state index contributed by atoms with van der Waals surface area (Å²) in [5.74, 6) is 1.66. The van der Waals surface area contributed by atoms with Crippen LogP contribution in [-0.4, -0.2) is 7.11 Å². The highest BCUT2D eigenvalue weighted by atomic mass is 16.5. The van der Waals surface area contributed by atoms with Gasteiger partial charge in [0.25, 0.3) is 0 Å². The lowest BCUT2D eigenvalue weighted by atomic mass is 9.91. The van der Waals surface area contributed by atoms with Crippen molar-refractivity contribution in [1.29, 1.82) is 0 Å². The molecule has 1 rings (SSSR count). The van der Waals surface area contributed by atoms with Gasteiger partial charge in [-0.3, -0.25) is 0 Å². The van der Waals surface area contributed by atoms with Gasteiger partial charge < -0.3 is 10.5 Å². The molecular weight excluding hydrogens is 210 g/mol. The Kier molecular flexibility index (Phi) is 5.49. The fourth-order valence-electron chi connectivity index (χ4n) is 2.25. The molecule has 0 aliphatic rings. The van der Waals surface area contributed by atoms with Crippen LogP contribution >= 0.6 is 0 Å². The van der Waals surface area contributed by atoms with Gasteiger partial charge in [-0.05, 0) is 36.5 Å². The normalized spacial score (nSPS) is 12.8. The van der Waals surface area contributed by atoms with Crippen molar-refractivity contribution >= 4 is 0 Å². The maximum atomic E-state index is 6.27. The molecule has 0 saturated carbocycles. The second kappa shape index (κ2) is 6.65. The minimum absolute atomic E-state index is 0.143. The van der Waals surface area contributed by atoms with Gasteiger partial charge in [0.1, 0.15) is 5.75 Å². The summed E-state index contributed by atoms with van der Waals surface area (Å²) in [4.78, 5) is 0. The summed E-state index contributed by atoms with van der Waals surface area (Å²) in [5.41, 5.74) is 8.64. The highest BCUT2D eigenvalue weighted by Crippen LogP contribution is 2.26. The summed E-state index contributed by atoms with van der Waals surface area (Å²) < 4.78 is 5.26. The molecular formula is C15H25NO. The molecule has 1 unspecified atom stereocenters. The number of hydrogen-bond acceptors (Lipinski definition) is 2. The van der Waals surface area contributed by atoms with Crippen molar-refractivity contribution in [2.24, 2.45) is 11.7 Å². The molecule has 1 aromatic carbocycles. The van der Waals surface area contributed by atoms with Crippen molar-refractivity contribution in [2.45, 2.75) is 46.1 Å². The van der Waals surface area contributed by atoms with E-state index in [1.54, 1.807) is 7.11 Å². The fourth-order valence-corrected chi connectivity index (χ4v) is 2.25. The number of hydrogen-bond donors (Lipinski definition) is 1. The lowest BCUT2D eigenvalue weighted by Gasteiger charge is -2.19. The van der Waals surface area contributed by atoms with Gasteiger partial charge in [0, 0.05) is 6.04 Å². The summed E-state index contributed by atoms with van der Waals surface area (Å²) in [6, 6.07) is 6.38. The van der Waals surface area contributed by atoms with Crippen molar-refractivity contribution in [1.82, 2.24) is 0 Å². The van der Waals surface area contributed by atoms with Crippen molar-refractivity contribution in [3.8, 4) is 5.75 Å². The third kappa shape index (κ3) is 3.74. The molecule has 1 atom stereocenters. The predicted molar refractivity (Wildman–Crippen MR) is 73.3 cm³/mol. The van der Waals surface area contributed by atoms with Crippen LogP contribution in [-0.2, 0) is 0 Å². The zero-order chi connectivity index (χ0) is 12.8. The standard InChI is InChI=1S/C15H25NO/c1-5-12(6-2)10-14(16)13-7-8-15(17-4)11(3)9-13/h7-9,12,14H,5-6,10,16H2,1-4H3. The Labute approximate surface area is 105 Å². The molecule has 2 heteroatoms. The largest absolute Gasteiger partial charge is 0.496 e. The average Bonchev–Trinajstić information content (AvgIpc) is 2.35. The molecule has 2 N–H and O–H groups in total. The second-order valence-electron chi connectivity index (χ2n) is 4.75. The number of rotatable bonds is 6. The van der Waals surface area contributed by atoms with E-state index in [0.29, 0.717) is 0 Å². The Morgan fingerprint density at radius 3 is 2.35 bits per heavy atom. The van der Waals surface area contributed by atoms with Gasteiger partial charge in [-0.1, -0.05) is 38.8 Å². The molecule has 0 saturated heterocycles. The molecule has 17 heavy (non-hydrogen) atoms. The molecule has 0 aliphatic heterocycles. The molecule has 2 nitrogen and oxygen atoms in total. The van der Waals surface area contributed by atoms with Gasteiger partial charge >= 0.3 is 0 Å². The molecule has 96 valence electrons. The number of benzene rings is 1. The third-order valence-electron chi connectivity index (χ3n) is 3.59. The summed E-state index contributed by atoms with van der Waals surface area (Å²) >= 11 is 0. The monoisotopic (exact) mass is 235 g/mol. The quantitative estimate of drug-likeness (QED) is 0.813. The Balaban J connectivity index is 2.75. The number of ether oxygens (including phenoxy) is 1. The molecule has 0 bridgehead atoms. The van der Waals surface area contributed by atoms with E-state index in [2.05, 4.69) is 32.9 Å². The number of nitrogens with two attached hydrogens (primary N) is 1. The first kappa shape index (κ1) is 14.0. The van der Waals surface area contributed by atoms with Crippen LogP contribution < -0.4 is 10.5 Å². The SMILES string of the molecule is CCC(CC)CC(N)c1ccc(OC)c(C)c1. The lowest BCUT2D eigenvalue weighted by molar-refractivity contribution is 0.407. The topological polar surface area (TPSA) is 35.2 Å². The van der Waals surface area contributed by atoms with Gasteiger partial charge in [-0.25, -0.2) is 0 Å². The summed E-state index contributed by atoms with van der Waals surface area (Å²) in [5, 5.41) is 0. The predicted octanol–water partition coefficient (Wildman–Crippen LogP) is 3.83. The zero-order valence-corrected chi connectivity index (χ0v) is 11.5. The van der Waals surface area contributed by atoms with Gasteiger partial charge in [0.15, 0.2) is 0 Å². The van der Waals surface area contributed by atoms with Crippen LogP contribution in [0, 0.1) is 12.8 Å². The highest BCUT2D eigenvalue weighted by molar-refractivity contribution is 5.37. The van der Waals surface area contributed by atoms with Crippen LogP contribution in [0.5, 0.6) is 5.75 Å². The zero-order valence-electron chi connectivity index (χ0n) is 11.5. The molecule has 0 aromatic heterocycles. The number of aryl methyl sites for hydroxylation is 1. The third-order valence-corrected chi connectivity index (χ3v) is 3.59. The van der Waals surface area contributed by atoms with Gasteiger partial charge in [-0.2, -0.15) is 0 Å². The fraction of sp³-hybridized carbons (Fsp3) is 0.600.